The van der Waals surface area contributed by atoms with Gasteiger partial charge in [-0.1, -0.05) is 32.0 Å². The highest BCUT2D eigenvalue weighted by Crippen LogP contribution is 2.30. The van der Waals surface area contributed by atoms with E-state index in [4.69, 9.17) is 0 Å². The Morgan fingerprint density at radius 3 is 2.76 bits per heavy atom. The highest BCUT2D eigenvalue weighted by Gasteiger charge is 2.25. The highest BCUT2D eigenvalue weighted by atomic mass is 16.2. The second kappa shape index (κ2) is 8.48. The van der Waals surface area contributed by atoms with Crippen LogP contribution in [0, 0.1) is 5.41 Å². The number of rotatable bonds is 5. The Kier molecular flexibility index (Phi) is 5.50. The van der Waals surface area contributed by atoms with Crippen LogP contribution in [-0.2, 0) is 13.1 Å². The zero-order valence-electron chi connectivity index (χ0n) is 19.1. The van der Waals surface area contributed by atoms with Gasteiger partial charge in [-0.25, -0.2) is 4.98 Å². The second-order valence-corrected chi connectivity index (χ2v) is 9.75. The van der Waals surface area contributed by atoms with Crippen molar-refractivity contribution in [1.82, 2.24) is 24.6 Å². The largest absolute Gasteiger partial charge is 0.357 e. The molecular formula is C26H29N5O2. The van der Waals surface area contributed by atoms with Crippen molar-refractivity contribution in [2.75, 3.05) is 13.1 Å². The minimum atomic E-state index is -0.362. The average molecular weight is 444 g/mol. The van der Waals surface area contributed by atoms with E-state index in [9.17, 15) is 9.59 Å². The van der Waals surface area contributed by atoms with E-state index in [0.29, 0.717) is 17.6 Å². The number of likely N-dealkylation sites (tertiary alicyclic amines) is 1. The fourth-order valence-corrected chi connectivity index (χ4v) is 4.43. The number of H-pyrrole nitrogens is 1. The van der Waals surface area contributed by atoms with Crippen molar-refractivity contribution in [3.8, 4) is 0 Å². The molecule has 170 valence electrons. The number of aromatic amines is 1. The minimum Gasteiger partial charge on any atom is -0.357 e. The van der Waals surface area contributed by atoms with Gasteiger partial charge in [-0.3, -0.25) is 18.9 Å². The molecule has 0 unspecified atom stereocenters. The summed E-state index contributed by atoms with van der Waals surface area (Å²) in [6.07, 6.45) is 4.10. The first kappa shape index (κ1) is 21.4. The number of aromatic nitrogens is 3. The molecule has 7 nitrogen and oxygen atoms in total. The van der Waals surface area contributed by atoms with Gasteiger partial charge in [0.15, 0.2) is 0 Å². The lowest BCUT2D eigenvalue weighted by Gasteiger charge is -2.36. The molecule has 5 rings (SSSR count). The van der Waals surface area contributed by atoms with Gasteiger partial charge in [0.1, 0.15) is 11.3 Å². The van der Waals surface area contributed by atoms with E-state index < -0.39 is 0 Å². The molecule has 0 saturated carbocycles. The highest BCUT2D eigenvalue weighted by molar-refractivity contribution is 5.92. The maximum Gasteiger partial charge on any atom is 0.270 e. The zero-order chi connectivity index (χ0) is 23.0. The molecule has 1 saturated heterocycles. The smallest absolute Gasteiger partial charge is 0.270 e. The summed E-state index contributed by atoms with van der Waals surface area (Å²) in [7, 11) is 0. The Morgan fingerprint density at radius 2 is 1.94 bits per heavy atom. The number of carbonyl (C=O) groups is 1. The van der Waals surface area contributed by atoms with Crippen LogP contribution in [0.3, 0.4) is 0 Å². The van der Waals surface area contributed by atoms with E-state index in [-0.39, 0.29) is 17.2 Å². The van der Waals surface area contributed by atoms with Gasteiger partial charge < -0.3 is 10.3 Å². The molecule has 0 spiro atoms. The summed E-state index contributed by atoms with van der Waals surface area (Å²) in [5.74, 6) is -0.362. The molecule has 0 aliphatic carbocycles. The Morgan fingerprint density at radius 1 is 1.12 bits per heavy atom. The van der Waals surface area contributed by atoms with Crippen LogP contribution in [0.2, 0.25) is 0 Å². The summed E-state index contributed by atoms with van der Waals surface area (Å²) in [6, 6.07) is 14.9. The third-order valence-corrected chi connectivity index (χ3v) is 6.60. The van der Waals surface area contributed by atoms with Crippen molar-refractivity contribution in [2.45, 2.75) is 39.8 Å². The predicted molar refractivity (Wildman–Crippen MR) is 129 cm³/mol. The van der Waals surface area contributed by atoms with Crippen molar-refractivity contribution >= 4 is 22.5 Å². The maximum atomic E-state index is 12.6. The molecule has 1 fully saturated rings. The maximum absolute atomic E-state index is 12.6. The SMILES string of the molecule is CC1(C)CCN(Cc2cc3ccc(CNC(=O)c4cc(=O)n5ccccc5n4)cc3[nH]2)CC1. The lowest BCUT2D eigenvalue weighted by Crippen LogP contribution is -2.36. The first-order valence-corrected chi connectivity index (χ1v) is 11.5. The van der Waals surface area contributed by atoms with Gasteiger partial charge in [0.2, 0.25) is 0 Å². The summed E-state index contributed by atoms with van der Waals surface area (Å²) >= 11 is 0. The van der Waals surface area contributed by atoms with E-state index >= 15 is 0 Å². The van der Waals surface area contributed by atoms with E-state index in [1.807, 2.05) is 6.07 Å². The number of nitrogens with one attached hydrogen (secondary N) is 2. The number of fused-ring (bicyclic) bond motifs is 2. The van der Waals surface area contributed by atoms with E-state index in [0.717, 1.165) is 30.7 Å². The summed E-state index contributed by atoms with van der Waals surface area (Å²) in [4.78, 5) is 35.2. The fourth-order valence-electron chi connectivity index (χ4n) is 4.43. The van der Waals surface area contributed by atoms with Gasteiger partial charge in [0.25, 0.3) is 11.5 Å². The van der Waals surface area contributed by atoms with Crippen molar-refractivity contribution in [1.29, 1.82) is 0 Å². The number of amides is 1. The fraction of sp³-hybridized carbons (Fsp3) is 0.346. The van der Waals surface area contributed by atoms with E-state index in [2.05, 4.69) is 52.2 Å². The van der Waals surface area contributed by atoms with Crippen molar-refractivity contribution in [3.05, 3.63) is 82.0 Å². The van der Waals surface area contributed by atoms with Crippen LogP contribution in [0.4, 0.5) is 0 Å². The van der Waals surface area contributed by atoms with Crippen molar-refractivity contribution in [3.63, 3.8) is 0 Å². The van der Waals surface area contributed by atoms with E-state index in [1.165, 1.54) is 34.4 Å². The monoisotopic (exact) mass is 443 g/mol. The molecule has 1 aliphatic heterocycles. The molecule has 0 radical (unpaired) electrons. The molecule has 1 amide bonds. The first-order valence-electron chi connectivity index (χ1n) is 11.5. The summed E-state index contributed by atoms with van der Waals surface area (Å²) in [5, 5.41) is 4.05. The molecule has 0 atom stereocenters. The van der Waals surface area contributed by atoms with Crippen LogP contribution in [0.1, 0.15) is 48.4 Å². The number of hydrogen-bond acceptors (Lipinski definition) is 4. The molecule has 33 heavy (non-hydrogen) atoms. The number of carbonyl (C=O) groups excluding carboxylic acids is 1. The Balaban J connectivity index is 1.25. The summed E-state index contributed by atoms with van der Waals surface area (Å²) in [5.41, 5.74) is 4.02. The third kappa shape index (κ3) is 4.68. The molecular weight excluding hydrogens is 414 g/mol. The van der Waals surface area contributed by atoms with E-state index in [1.54, 1.807) is 24.4 Å². The van der Waals surface area contributed by atoms with Crippen LogP contribution in [0.5, 0.6) is 0 Å². The Hall–Kier alpha value is -3.45. The number of hydrogen-bond donors (Lipinski definition) is 2. The number of piperidine rings is 1. The molecule has 1 aliphatic rings. The quantitative estimate of drug-likeness (QED) is 0.492. The Bertz CT molecular complexity index is 1370. The van der Waals surface area contributed by atoms with Gasteiger partial charge in [0.05, 0.1) is 0 Å². The van der Waals surface area contributed by atoms with Gasteiger partial charge in [-0.05, 0) is 66.6 Å². The topological polar surface area (TPSA) is 82.5 Å². The van der Waals surface area contributed by atoms with Crippen LogP contribution >= 0.6 is 0 Å². The minimum absolute atomic E-state index is 0.124. The third-order valence-electron chi connectivity index (χ3n) is 6.60. The predicted octanol–water partition coefficient (Wildman–Crippen LogP) is 3.73. The van der Waals surface area contributed by atoms with Crippen molar-refractivity contribution < 1.29 is 4.79 Å². The first-order chi connectivity index (χ1) is 15.9. The van der Waals surface area contributed by atoms with Crippen LogP contribution in [0.15, 0.2) is 59.5 Å². The molecule has 4 aromatic rings. The lowest BCUT2D eigenvalue weighted by molar-refractivity contribution is 0.0946. The lowest BCUT2D eigenvalue weighted by atomic mass is 9.83. The number of nitrogens with zero attached hydrogens (tertiary/aromatic N) is 3. The molecule has 0 bridgehead atoms. The summed E-state index contributed by atoms with van der Waals surface area (Å²) in [6.45, 7) is 8.25. The standard InChI is InChI=1S/C26H29N5O2/c1-26(2)8-11-30(12-9-26)17-20-14-19-7-6-18(13-21(19)28-20)16-27-25(33)22-15-24(32)31-10-4-3-5-23(31)29-22/h3-7,10,13-15,28H,8-9,11-12,16-17H2,1-2H3,(H,27,33). The number of benzene rings is 1. The van der Waals surface area contributed by atoms with Crippen LogP contribution in [0.25, 0.3) is 16.6 Å². The van der Waals surface area contributed by atoms with Crippen molar-refractivity contribution in [2.24, 2.45) is 5.41 Å². The summed E-state index contributed by atoms with van der Waals surface area (Å²) < 4.78 is 1.41. The molecule has 1 aromatic carbocycles. The van der Waals surface area contributed by atoms with Crippen LogP contribution in [-0.4, -0.2) is 38.3 Å². The zero-order valence-corrected chi connectivity index (χ0v) is 19.1. The van der Waals surface area contributed by atoms with Gasteiger partial charge in [0, 0.05) is 36.6 Å². The average Bonchev–Trinajstić information content (AvgIpc) is 3.20. The molecule has 4 heterocycles. The number of pyridine rings is 1. The Labute approximate surface area is 192 Å². The second-order valence-electron chi connectivity index (χ2n) is 9.75. The molecule has 3 aromatic heterocycles. The van der Waals surface area contributed by atoms with Gasteiger partial charge in [-0.2, -0.15) is 0 Å². The molecule has 2 N–H and O–H groups in total. The van der Waals surface area contributed by atoms with Gasteiger partial charge in [-0.15, -0.1) is 0 Å². The van der Waals surface area contributed by atoms with Gasteiger partial charge >= 0.3 is 0 Å². The molecule has 7 heteroatoms. The normalized spacial score (nSPS) is 16.3. The van der Waals surface area contributed by atoms with Crippen LogP contribution < -0.4 is 10.9 Å².